The molecule has 0 aliphatic rings. The number of hydrogen-bond donors (Lipinski definition) is 0. The Morgan fingerprint density at radius 3 is 2.71 bits per heavy atom. The summed E-state index contributed by atoms with van der Waals surface area (Å²) in [6, 6.07) is 12.6. The summed E-state index contributed by atoms with van der Waals surface area (Å²) in [6.07, 6.45) is 1.77. The summed E-state index contributed by atoms with van der Waals surface area (Å²) in [7, 11) is 1.63. The van der Waals surface area contributed by atoms with Crippen LogP contribution in [-0.4, -0.2) is 33.4 Å². The molecular formula is C22H17Cl2N3O2S2. The predicted octanol–water partition coefficient (Wildman–Crippen LogP) is 6.64. The SMILES string of the molecule is C=CCn1c(SCC(=O)c2ccc(Cl)cc2)nnc1-c1sc2cc(OC)ccc2c1Cl. The Bertz CT molecular complexity index is 1270. The molecule has 0 atom stereocenters. The molecule has 0 N–H and O–H groups in total. The molecule has 0 unspecified atom stereocenters. The Hall–Kier alpha value is -2.32. The van der Waals surface area contributed by atoms with Crippen LogP contribution in [0.3, 0.4) is 0 Å². The highest BCUT2D eigenvalue weighted by Crippen LogP contribution is 2.43. The number of ketones is 1. The van der Waals surface area contributed by atoms with Crippen molar-refractivity contribution in [2.24, 2.45) is 0 Å². The molecule has 0 fully saturated rings. The standard InChI is InChI=1S/C22H17Cl2N3O2S2/c1-3-10-27-21(20-19(24)16-9-8-15(29-2)11-18(16)31-20)25-26-22(27)30-12-17(28)13-4-6-14(23)7-5-13/h3-9,11H,1,10,12H2,2H3. The van der Waals surface area contributed by atoms with E-state index in [9.17, 15) is 4.79 Å². The molecule has 0 spiro atoms. The second kappa shape index (κ2) is 9.44. The molecule has 0 radical (unpaired) electrons. The van der Waals surface area contributed by atoms with Gasteiger partial charge in [-0.05, 0) is 42.5 Å². The number of allylic oxidation sites excluding steroid dienone is 1. The van der Waals surface area contributed by atoms with Crippen molar-refractivity contribution >= 4 is 62.2 Å². The molecule has 4 rings (SSSR count). The number of halogens is 2. The zero-order valence-corrected chi connectivity index (χ0v) is 19.6. The smallest absolute Gasteiger partial charge is 0.192 e. The summed E-state index contributed by atoms with van der Waals surface area (Å²) >= 11 is 15.4. The van der Waals surface area contributed by atoms with E-state index in [-0.39, 0.29) is 11.5 Å². The first-order valence-electron chi connectivity index (χ1n) is 9.24. The largest absolute Gasteiger partial charge is 0.497 e. The van der Waals surface area contributed by atoms with Gasteiger partial charge in [0.15, 0.2) is 16.8 Å². The van der Waals surface area contributed by atoms with Gasteiger partial charge in [0.25, 0.3) is 0 Å². The molecule has 5 nitrogen and oxygen atoms in total. The van der Waals surface area contributed by atoms with Crippen LogP contribution < -0.4 is 4.74 Å². The number of fused-ring (bicyclic) bond motifs is 1. The number of rotatable bonds is 8. The monoisotopic (exact) mass is 489 g/mol. The summed E-state index contributed by atoms with van der Waals surface area (Å²) in [5.74, 6) is 1.63. The molecule has 0 aliphatic heterocycles. The molecule has 158 valence electrons. The molecule has 9 heteroatoms. The number of nitrogens with zero attached hydrogens (tertiary/aromatic N) is 3. The number of thiophene rings is 1. The van der Waals surface area contributed by atoms with Crippen molar-refractivity contribution in [1.29, 1.82) is 0 Å². The fourth-order valence-electron chi connectivity index (χ4n) is 3.02. The van der Waals surface area contributed by atoms with Gasteiger partial charge in [0.2, 0.25) is 0 Å². The van der Waals surface area contributed by atoms with E-state index in [1.165, 1.54) is 23.1 Å². The maximum Gasteiger partial charge on any atom is 0.192 e. The van der Waals surface area contributed by atoms with E-state index >= 15 is 0 Å². The second-order valence-corrected chi connectivity index (χ2v) is 9.34. The minimum absolute atomic E-state index is 0.0108. The highest BCUT2D eigenvalue weighted by atomic mass is 35.5. The molecule has 0 saturated heterocycles. The van der Waals surface area contributed by atoms with Gasteiger partial charge in [0.1, 0.15) is 5.75 Å². The van der Waals surface area contributed by atoms with E-state index in [1.807, 2.05) is 22.8 Å². The van der Waals surface area contributed by atoms with E-state index in [0.29, 0.717) is 33.1 Å². The maximum absolute atomic E-state index is 12.5. The summed E-state index contributed by atoms with van der Waals surface area (Å²) in [4.78, 5) is 13.3. The number of ether oxygens (including phenoxy) is 1. The van der Waals surface area contributed by atoms with Gasteiger partial charge in [0, 0.05) is 27.2 Å². The van der Waals surface area contributed by atoms with Crippen molar-refractivity contribution in [1.82, 2.24) is 14.8 Å². The molecule has 0 aliphatic carbocycles. The third kappa shape index (κ3) is 4.50. The van der Waals surface area contributed by atoms with Crippen LogP contribution in [-0.2, 0) is 6.54 Å². The van der Waals surface area contributed by atoms with Crippen molar-refractivity contribution in [3.8, 4) is 16.5 Å². The van der Waals surface area contributed by atoms with Crippen LogP contribution in [0.15, 0.2) is 60.3 Å². The lowest BCUT2D eigenvalue weighted by atomic mass is 10.1. The van der Waals surface area contributed by atoms with Crippen LogP contribution in [0, 0.1) is 0 Å². The normalized spacial score (nSPS) is 11.1. The fourth-order valence-corrected chi connectivity index (χ4v) is 5.53. The number of carbonyl (C=O) groups excluding carboxylic acids is 1. The number of thioether (sulfide) groups is 1. The summed E-state index contributed by atoms with van der Waals surface area (Å²) in [5.41, 5.74) is 0.605. The van der Waals surface area contributed by atoms with E-state index in [1.54, 1.807) is 37.5 Å². The Morgan fingerprint density at radius 1 is 1.23 bits per heavy atom. The van der Waals surface area contributed by atoms with E-state index in [0.717, 1.165) is 20.7 Å². The molecule has 2 aromatic heterocycles. The maximum atomic E-state index is 12.5. The predicted molar refractivity (Wildman–Crippen MR) is 129 cm³/mol. The van der Waals surface area contributed by atoms with E-state index in [2.05, 4.69) is 16.8 Å². The average Bonchev–Trinajstić information content (AvgIpc) is 3.32. The highest BCUT2D eigenvalue weighted by molar-refractivity contribution is 7.99. The van der Waals surface area contributed by atoms with Gasteiger partial charge >= 0.3 is 0 Å². The molecule has 0 amide bonds. The van der Waals surface area contributed by atoms with Crippen molar-refractivity contribution in [2.75, 3.05) is 12.9 Å². The lowest BCUT2D eigenvalue weighted by Gasteiger charge is -2.07. The topological polar surface area (TPSA) is 57.0 Å². The Balaban J connectivity index is 1.64. The number of aromatic nitrogens is 3. The Labute approximate surface area is 197 Å². The highest BCUT2D eigenvalue weighted by Gasteiger charge is 2.21. The van der Waals surface area contributed by atoms with Crippen molar-refractivity contribution in [3.05, 3.63) is 70.7 Å². The summed E-state index contributed by atoms with van der Waals surface area (Å²) in [5, 5.41) is 11.5. The molecule has 31 heavy (non-hydrogen) atoms. The van der Waals surface area contributed by atoms with Crippen LogP contribution in [0.4, 0.5) is 0 Å². The van der Waals surface area contributed by atoms with Gasteiger partial charge < -0.3 is 4.74 Å². The molecule has 0 saturated carbocycles. The molecule has 2 aromatic carbocycles. The van der Waals surface area contributed by atoms with Crippen LogP contribution in [0.25, 0.3) is 20.8 Å². The zero-order valence-electron chi connectivity index (χ0n) is 16.5. The fraction of sp³-hybridized carbons (Fsp3) is 0.136. The van der Waals surface area contributed by atoms with Crippen molar-refractivity contribution in [2.45, 2.75) is 11.7 Å². The van der Waals surface area contributed by atoms with Crippen LogP contribution in [0.1, 0.15) is 10.4 Å². The molecule has 2 heterocycles. The number of carbonyl (C=O) groups is 1. The third-order valence-electron chi connectivity index (χ3n) is 4.57. The number of methoxy groups -OCH3 is 1. The minimum atomic E-state index is -0.0108. The summed E-state index contributed by atoms with van der Waals surface area (Å²) in [6.45, 7) is 4.33. The van der Waals surface area contributed by atoms with Gasteiger partial charge in [-0.15, -0.1) is 28.1 Å². The number of hydrogen-bond acceptors (Lipinski definition) is 6. The Kier molecular flexibility index (Phi) is 6.67. The van der Waals surface area contributed by atoms with Crippen molar-refractivity contribution < 1.29 is 9.53 Å². The Morgan fingerprint density at radius 2 is 2.00 bits per heavy atom. The third-order valence-corrected chi connectivity index (χ3v) is 7.44. The quantitative estimate of drug-likeness (QED) is 0.158. The van der Waals surface area contributed by atoms with E-state index in [4.69, 9.17) is 27.9 Å². The van der Waals surface area contributed by atoms with Gasteiger partial charge in [-0.1, -0.05) is 41.0 Å². The van der Waals surface area contributed by atoms with Crippen molar-refractivity contribution in [3.63, 3.8) is 0 Å². The van der Waals surface area contributed by atoms with Gasteiger partial charge in [-0.2, -0.15) is 0 Å². The van der Waals surface area contributed by atoms with Crippen LogP contribution in [0.5, 0.6) is 5.75 Å². The van der Waals surface area contributed by atoms with Gasteiger partial charge in [-0.3, -0.25) is 9.36 Å². The number of benzene rings is 2. The van der Waals surface area contributed by atoms with Gasteiger partial charge in [0.05, 0.1) is 22.8 Å². The van der Waals surface area contributed by atoms with Crippen LogP contribution in [0.2, 0.25) is 10.0 Å². The van der Waals surface area contributed by atoms with Crippen LogP contribution >= 0.6 is 46.3 Å². The zero-order chi connectivity index (χ0) is 22.0. The van der Waals surface area contributed by atoms with Gasteiger partial charge in [-0.25, -0.2) is 0 Å². The first-order valence-corrected chi connectivity index (χ1v) is 11.8. The minimum Gasteiger partial charge on any atom is -0.497 e. The average molecular weight is 490 g/mol. The lowest BCUT2D eigenvalue weighted by molar-refractivity contribution is 0.102. The number of Topliss-reactive ketones (excluding diaryl/α,β-unsaturated/α-hetero) is 1. The summed E-state index contributed by atoms with van der Waals surface area (Å²) < 4.78 is 8.23. The lowest BCUT2D eigenvalue weighted by Crippen LogP contribution is -2.05. The first-order chi connectivity index (χ1) is 15.0. The molecule has 4 aromatic rings. The first kappa shape index (κ1) is 21.9. The molecular weight excluding hydrogens is 473 g/mol. The second-order valence-electron chi connectivity index (χ2n) is 6.53. The van der Waals surface area contributed by atoms with E-state index < -0.39 is 0 Å². The molecule has 0 bridgehead atoms.